The Morgan fingerprint density at radius 2 is 1.62 bits per heavy atom. The summed E-state index contributed by atoms with van der Waals surface area (Å²) >= 11 is 0. The van der Waals surface area contributed by atoms with Crippen molar-refractivity contribution in [1.82, 2.24) is 5.32 Å². The van der Waals surface area contributed by atoms with Crippen LogP contribution in [0, 0.1) is 0 Å². The van der Waals surface area contributed by atoms with Crippen molar-refractivity contribution in [3.05, 3.63) is 59.7 Å². The van der Waals surface area contributed by atoms with Crippen LogP contribution in [0.2, 0.25) is 0 Å². The van der Waals surface area contributed by atoms with Crippen LogP contribution in [0.5, 0.6) is 0 Å². The molecule has 1 aliphatic rings. The molecule has 0 unspecified atom stereocenters. The lowest BCUT2D eigenvalue weighted by atomic mass is 10.0. The first kappa shape index (κ1) is 18.3. The second-order valence-electron chi connectivity index (χ2n) is 6.21. The molecule has 0 aromatic heterocycles. The quantitative estimate of drug-likeness (QED) is 0.695. The van der Waals surface area contributed by atoms with Crippen LogP contribution < -0.4 is 16.0 Å². The second kappa shape index (κ2) is 8.23. The SMILES string of the molecule is CCS(=O)(=O)CNc1ccc(Cc2ccc(NC3=NCCN3)cc2)cc1. The minimum absolute atomic E-state index is 0.0303. The van der Waals surface area contributed by atoms with E-state index in [2.05, 4.69) is 33.1 Å². The van der Waals surface area contributed by atoms with Crippen LogP contribution in [-0.2, 0) is 16.3 Å². The lowest BCUT2D eigenvalue weighted by molar-refractivity contribution is 0.599. The Morgan fingerprint density at radius 3 is 2.15 bits per heavy atom. The van der Waals surface area contributed by atoms with E-state index >= 15 is 0 Å². The zero-order valence-electron chi connectivity index (χ0n) is 14.8. The molecule has 0 spiro atoms. The van der Waals surface area contributed by atoms with Crippen molar-refractivity contribution < 1.29 is 8.42 Å². The van der Waals surface area contributed by atoms with Crippen LogP contribution in [0.25, 0.3) is 0 Å². The standard InChI is InChI=1S/C19H24N4O2S/c1-2-26(24,25)14-22-17-7-3-15(4-8-17)13-16-5-9-18(10-6-16)23-19-20-11-12-21-19/h3-10,22H,2,11-14H2,1H3,(H2,20,21,23). The molecular weight excluding hydrogens is 348 g/mol. The van der Waals surface area contributed by atoms with Gasteiger partial charge in [-0.25, -0.2) is 8.42 Å². The Labute approximate surface area is 154 Å². The summed E-state index contributed by atoms with van der Waals surface area (Å²) in [6.07, 6.45) is 0.826. The van der Waals surface area contributed by atoms with Crippen molar-refractivity contribution in [2.24, 2.45) is 4.99 Å². The number of nitrogens with one attached hydrogen (secondary N) is 3. The average Bonchev–Trinajstić information content (AvgIpc) is 3.16. The van der Waals surface area contributed by atoms with Crippen LogP contribution >= 0.6 is 0 Å². The number of nitrogens with zero attached hydrogens (tertiary/aromatic N) is 1. The molecule has 7 heteroatoms. The highest BCUT2D eigenvalue weighted by molar-refractivity contribution is 7.91. The van der Waals surface area contributed by atoms with E-state index in [-0.39, 0.29) is 11.6 Å². The van der Waals surface area contributed by atoms with Gasteiger partial charge in [0.15, 0.2) is 15.8 Å². The molecular formula is C19H24N4O2S. The van der Waals surface area contributed by atoms with Crippen molar-refractivity contribution in [2.45, 2.75) is 13.3 Å². The third-order valence-electron chi connectivity index (χ3n) is 4.19. The van der Waals surface area contributed by atoms with Crippen molar-refractivity contribution >= 4 is 27.2 Å². The smallest absolute Gasteiger partial charge is 0.195 e. The molecule has 1 aliphatic heterocycles. The predicted molar refractivity (Wildman–Crippen MR) is 108 cm³/mol. The van der Waals surface area contributed by atoms with Crippen molar-refractivity contribution in [1.29, 1.82) is 0 Å². The Balaban J connectivity index is 1.55. The second-order valence-corrected chi connectivity index (χ2v) is 8.56. The third-order valence-corrected chi connectivity index (χ3v) is 5.65. The number of hydrogen-bond acceptors (Lipinski definition) is 6. The van der Waals surface area contributed by atoms with Gasteiger partial charge in [-0.15, -0.1) is 0 Å². The van der Waals surface area contributed by atoms with Gasteiger partial charge >= 0.3 is 0 Å². The summed E-state index contributed by atoms with van der Waals surface area (Å²) in [7, 11) is -3.02. The molecule has 0 fully saturated rings. The van der Waals surface area contributed by atoms with Gasteiger partial charge in [0.05, 0.1) is 6.54 Å². The van der Waals surface area contributed by atoms with Gasteiger partial charge in [-0.3, -0.25) is 4.99 Å². The highest BCUT2D eigenvalue weighted by atomic mass is 32.2. The molecule has 138 valence electrons. The van der Waals surface area contributed by atoms with Gasteiger partial charge in [0.25, 0.3) is 0 Å². The Morgan fingerprint density at radius 1 is 1.00 bits per heavy atom. The van der Waals surface area contributed by atoms with Gasteiger partial charge in [-0.1, -0.05) is 31.2 Å². The average molecular weight is 372 g/mol. The highest BCUT2D eigenvalue weighted by Crippen LogP contribution is 2.16. The fraction of sp³-hybridized carbons (Fsp3) is 0.316. The normalized spacial score (nSPS) is 13.8. The van der Waals surface area contributed by atoms with Crippen LogP contribution in [0.15, 0.2) is 53.5 Å². The molecule has 3 N–H and O–H groups in total. The van der Waals surface area contributed by atoms with E-state index in [1.165, 1.54) is 11.1 Å². The van der Waals surface area contributed by atoms with Gasteiger partial charge in [-0.05, 0) is 41.8 Å². The predicted octanol–water partition coefficient (Wildman–Crippen LogP) is 2.45. The minimum atomic E-state index is -3.02. The zero-order chi connectivity index (χ0) is 18.4. The van der Waals surface area contributed by atoms with Crippen LogP contribution in [-0.4, -0.2) is 39.1 Å². The summed E-state index contributed by atoms with van der Waals surface area (Å²) in [6.45, 7) is 3.35. The van der Waals surface area contributed by atoms with Gasteiger partial charge in [0.2, 0.25) is 0 Å². The van der Waals surface area contributed by atoms with E-state index in [4.69, 9.17) is 0 Å². The maximum absolute atomic E-state index is 11.5. The molecule has 6 nitrogen and oxygen atoms in total. The molecule has 0 bridgehead atoms. The van der Waals surface area contributed by atoms with Crippen LogP contribution in [0.1, 0.15) is 18.1 Å². The Bertz CT molecular complexity index is 859. The van der Waals surface area contributed by atoms with Crippen LogP contribution in [0.4, 0.5) is 11.4 Å². The van der Waals surface area contributed by atoms with Crippen LogP contribution in [0.3, 0.4) is 0 Å². The fourth-order valence-electron chi connectivity index (χ4n) is 2.60. The maximum atomic E-state index is 11.5. The maximum Gasteiger partial charge on any atom is 0.195 e. The molecule has 0 saturated heterocycles. The van der Waals surface area contributed by atoms with Crippen molar-refractivity contribution in [3.8, 4) is 0 Å². The summed E-state index contributed by atoms with van der Waals surface area (Å²) in [5.41, 5.74) is 4.22. The molecule has 2 aromatic rings. The number of rotatable bonds is 7. The third kappa shape index (κ3) is 5.23. The molecule has 26 heavy (non-hydrogen) atoms. The van der Waals surface area contributed by atoms with E-state index < -0.39 is 9.84 Å². The Hall–Kier alpha value is -2.54. The molecule has 0 aliphatic carbocycles. The van der Waals surface area contributed by atoms with Gasteiger partial charge in [0, 0.05) is 23.7 Å². The number of anilines is 2. The summed E-state index contributed by atoms with van der Waals surface area (Å²) in [5.74, 6) is 0.940. The number of benzene rings is 2. The van der Waals surface area contributed by atoms with E-state index in [1.54, 1.807) is 6.92 Å². The highest BCUT2D eigenvalue weighted by Gasteiger charge is 2.07. The zero-order valence-corrected chi connectivity index (χ0v) is 15.6. The number of aliphatic imine (C=N–C) groups is 1. The topological polar surface area (TPSA) is 82.6 Å². The van der Waals surface area contributed by atoms with Gasteiger partial charge in [0.1, 0.15) is 5.88 Å². The lowest BCUT2D eigenvalue weighted by Crippen LogP contribution is -2.26. The summed E-state index contributed by atoms with van der Waals surface area (Å²) in [4.78, 5) is 4.32. The molecule has 2 aromatic carbocycles. The molecule has 3 rings (SSSR count). The summed E-state index contributed by atoms with van der Waals surface area (Å²) in [5, 5.41) is 9.39. The van der Waals surface area contributed by atoms with Gasteiger partial charge < -0.3 is 16.0 Å². The monoisotopic (exact) mass is 372 g/mol. The number of sulfone groups is 1. The Kier molecular flexibility index (Phi) is 5.78. The summed E-state index contributed by atoms with van der Waals surface area (Å²) in [6, 6.07) is 16.2. The van der Waals surface area contributed by atoms with Gasteiger partial charge in [-0.2, -0.15) is 0 Å². The summed E-state index contributed by atoms with van der Waals surface area (Å²) < 4.78 is 23.1. The first-order chi connectivity index (χ1) is 12.5. The van der Waals surface area contributed by atoms with Crippen molar-refractivity contribution in [2.75, 3.05) is 35.4 Å². The van der Waals surface area contributed by atoms with E-state index in [1.807, 2.05) is 36.4 Å². The number of guanidine groups is 1. The molecule has 0 atom stereocenters. The molecule has 1 heterocycles. The molecule has 0 saturated carbocycles. The fourth-order valence-corrected chi connectivity index (χ4v) is 3.19. The van der Waals surface area contributed by atoms with E-state index in [0.717, 1.165) is 36.8 Å². The van der Waals surface area contributed by atoms with E-state index in [9.17, 15) is 8.42 Å². The first-order valence-electron chi connectivity index (χ1n) is 8.71. The molecule has 0 radical (unpaired) electrons. The largest absolute Gasteiger partial charge is 0.372 e. The first-order valence-corrected chi connectivity index (χ1v) is 10.5. The van der Waals surface area contributed by atoms with E-state index in [0.29, 0.717) is 0 Å². The molecule has 0 amide bonds. The minimum Gasteiger partial charge on any atom is -0.372 e. The lowest BCUT2D eigenvalue weighted by Gasteiger charge is -2.09. The number of hydrogen-bond donors (Lipinski definition) is 3. The van der Waals surface area contributed by atoms with Crippen molar-refractivity contribution in [3.63, 3.8) is 0 Å².